The molecule has 0 radical (unpaired) electrons. The van der Waals surface area contributed by atoms with Crippen LogP contribution in [0.2, 0.25) is 0 Å². The number of ether oxygens (including phenoxy) is 1. The van der Waals surface area contributed by atoms with E-state index in [9.17, 15) is 14.9 Å². The van der Waals surface area contributed by atoms with E-state index in [0.29, 0.717) is 17.3 Å². The highest BCUT2D eigenvalue weighted by atomic mass is 16.6. The Morgan fingerprint density at radius 3 is 2.61 bits per heavy atom. The maximum Gasteiger partial charge on any atom is 0.310 e. The van der Waals surface area contributed by atoms with Crippen LogP contribution >= 0.6 is 0 Å². The van der Waals surface area contributed by atoms with Crippen LogP contribution in [0.5, 0.6) is 5.75 Å². The predicted octanol–water partition coefficient (Wildman–Crippen LogP) is 4.58. The number of carbonyl (C=O) groups excluding carboxylic acids is 1. The molecule has 1 amide bonds. The zero-order chi connectivity index (χ0) is 23.7. The van der Waals surface area contributed by atoms with Crippen LogP contribution in [0.15, 0.2) is 48.5 Å². The van der Waals surface area contributed by atoms with E-state index >= 15 is 0 Å². The minimum Gasteiger partial charge on any atom is -0.477 e. The number of hydrogen-bond donors (Lipinski definition) is 1. The lowest BCUT2D eigenvalue weighted by molar-refractivity contribution is -0.385. The van der Waals surface area contributed by atoms with Gasteiger partial charge in [0.25, 0.3) is 5.91 Å². The largest absolute Gasteiger partial charge is 0.477 e. The van der Waals surface area contributed by atoms with Crippen LogP contribution in [0.25, 0.3) is 16.7 Å². The first-order chi connectivity index (χ1) is 15.7. The van der Waals surface area contributed by atoms with E-state index in [4.69, 9.17) is 9.72 Å². The highest BCUT2D eigenvalue weighted by Gasteiger charge is 2.17. The number of nitrogens with zero attached hydrogens (tertiary/aromatic N) is 4. The summed E-state index contributed by atoms with van der Waals surface area (Å²) >= 11 is 0. The first-order valence-corrected chi connectivity index (χ1v) is 10.3. The Morgan fingerprint density at radius 2 is 1.85 bits per heavy atom. The van der Waals surface area contributed by atoms with Crippen molar-refractivity contribution in [1.29, 1.82) is 0 Å². The van der Waals surface area contributed by atoms with Crippen LogP contribution in [0.1, 0.15) is 22.4 Å². The molecule has 168 valence electrons. The van der Waals surface area contributed by atoms with E-state index < -0.39 is 17.4 Å². The lowest BCUT2D eigenvalue weighted by Crippen LogP contribution is -2.22. The molecule has 9 nitrogen and oxygen atoms in total. The normalized spacial score (nSPS) is 10.9. The van der Waals surface area contributed by atoms with Gasteiger partial charge in [0, 0.05) is 17.5 Å². The molecular weight excluding hydrogens is 422 g/mol. The minimum atomic E-state index is -0.553. The first-order valence-electron chi connectivity index (χ1n) is 10.3. The summed E-state index contributed by atoms with van der Waals surface area (Å²) < 4.78 is 6.96. The van der Waals surface area contributed by atoms with Crippen molar-refractivity contribution >= 4 is 28.3 Å². The predicted molar refractivity (Wildman–Crippen MR) is 125 cm³/mol. The van der Waals surface area contributed by atoms with E-state index in [2.05, 4.69) is 29.5 Å². The number of amides is 1. The van der Waals surface area contributed by atoms with Gasteiger partial charge in [-0.3, -0.25) is 14.9 Å². The van der Waals surface area contributed by atoms with Gasteiger partial charge in [-0.05, 0) is 57.0 Å². The number of rotatable bonds is 6. The maximum absolute atomic E-state index is 12.6. The third-order valence-electron chi connectivity index (χ3n) is 5.18. The van der Waals surface area contributed by atoms with Crippen molar-refractivity contribution in [2.45, 2.75) is 27.7 Å². The lowest BCUT2D eigenvalue weighted by Gasteiger charge is -2.12. The van der Waals surface area contributed by atoms with Crippen molar-refractivity contribution < 1.29 is 14.5 Å². The van der Waals surface area contributed by atoms with Crippen LogP contribution in [0.3, 0.4) is 0 Å². The van der Waals surface area contributed by atoms with Gasteiger partial charge in [-0.15, -0.1) is 0 Å². The molecule has 0 aliphatic rings. The van der Waals surface area contributed by atoms with Crippen LogP contribution in [-0.4, -0.2) is 32.2 Å². The molecule has 9 heteroatoms. The number of fused-ring (bicyclic) bond motifs is 1. The number of nitrogens with one attached hydrogen (secondary N) is 1. The highest BCUT2D eigenvalue weighted by Crippen LogP contribution is 2.27. The van der Waals surface area contributed by atoms with E-state index in [-0.39, 0.29) is 11.4 Å². The van der Waals surface area contributed by atoms with Crippen LogP contribution < -0.4 is 10.1 Å². The number of benzene rings is 2. The monoisotopic (exact) mass is 445 g/mol. The average Bonchev–Trinajstić information content (AvgIpc) is 3.12. The van der Waals surface area contributed by atoms with Crippen molar-refractivity contribution in [3.05, 3.63) is 81.0 Å². The quantitative estimate of drug-likeness (QED) is 0.343. The third kappa shape index (κ3) is 4.52. The molecule has 2 heterocycles. The molecule has 0 spiro atoms. The van der Waals surface area contributed by atoms with E-state index in [1.165, 1.54) is 23.8 Å². The molecule has 0 fully saturated rings. The van der Waals surface area contributed by atoms with Crippen LogP contribution in [0.4, 0.5) is 11.5 Å². The summed E-state index contributed by atoms with van der Waals surface area (Å²) in [7, 11) is 0. The summed E-state index contributed by atoms with van der Waals surface area (Å²) in [5, 5.41) is 19.5. The molecule has 1 N–H and O–H groups in total. The summed E-state index contributed by atoms with van der Waals surface area (Å²) in [5.41, 5.74) is 4.65. The van der Waals surface area contributed by atoms with Crippen molar-refractivity contribution in [1.82, 2.24) is 14.8 Å². The topological polar surface area (TPSA) is 112 Å². The fraction of sp³-hybridized carbons (Fsp3) is 0.208. The van der Waals surface area contributed by atoms with Gasteiger partial charge in [0.2, 0.25) is 0 Å². The first kappa shape index (κ1) is 21.9. The second-order valence-corrected chi connectivity index (χ2v) is 7.92. The second-order valence-electron chi connectivity index (χ2n) is 7.92. The molecule has 0 aliphatic heterocycles. The van der Waals surface area contributed by atoms with Gasteiger partial charge >= 0.3 is 5.69 Å². The van der Waals surface area contributed by atoms with Gasteiger partial charge in [0.05, 0.1) is 16.1 Å². The van der Waals surface area contributed by atoms with Crippen LogP contribution in [-0.2, 0) is 4.79 Å². The Bertz CT molecular complexity index is 1390. The smallest absolute Gasteiger partial charge is 0.310 e. The van der Waals surface area contributed by atoms with Gasteiger partial charge in [-0.25, -0.2) is 4.98 Å². The number of nitro benzene ring substituents is 1. The van der Waals surface area contributed by atoms with Crippen molar-refractivity contribution in [3.8, 4) is 11.6 Å². The van der Waals surface area contributed by atoms with Gasteiger partial charge in [0.15, 0.2) is 18.2 Å². The van der Waals surface area contributed by atoms with E-state index in [1.54, 1.807) is 16.8 Å². The average molecular weight is 445 g/mol. The number of hydrogen-bond acceptors (Lipinski definition) is 6. The van der Waals surface area contributed by atoms with Gasteiger partial charge in [-0.1, -0.05) is 23.8 Å². The summed E-state index contributed by atoms with van der Waals surface area (Å²) in [5.74, 6) is 0.563. The standard InChI is InChI=1S/C24H23N5O4/c1-14-9-16(3)24-18(10-14)15(2)11-21(26-24)28-22(12-17(4)27-28)25-23(30)13-33-20-8-6-5-7-19(20)29(31)32/h5-12H,13H2,1-4H3,(H,25,30). The number of aryl methyl sites for hydroxylation is 4. The summed E-state index contributed by atoms with van der Waals surface area (Å²) in [6, 6.07) is 13.7. The maximum atomic E-state index is 12.6. The van der Waals surface area contributed by atoms with E-state index in [1.807, 2.05) is 26.8 Å². The summed E-state index contributed by atoms with van der Waals surface area (Å²) in [6.45, 7) is 7.51. The van der Waals surface area contributed by atoms with Crippen molar-refractivity contribution in [3.63, 3.8) is 0 Å². The Morgan fingerprint density at radius 1 is 1.09 bits per heavy atom. The Kier molecular flexibility index (Phi) is 5.78. The van der Waals surface area contributed by atoms with Gasteiger partial charge < -0.3 is 10.1 Å². The summed E-state index contributed by atoms with van der Waals surface area (Å²) in [4.78, 5) is 27.9. The fourth-order valence-electron chi connectivity index (χ4n) is 3.75. The number of nitro groups is 1. The number of anilines is 1. The number of carbonyl (C=O) groups is 1. The summed E-state index contributed by atoms with van der Waals surface area (Å²) in [6.07, 6.45) is 0. The third-order valence-corrected chi connectivity index (χ3v) is 5.18. The van der Waals surface area contributed by atoms with Crippen molar-refractivity contribution in [2.24, 2.45) is 0 Å². The van der Waals surface area contributed by atoms with E-state index in [0.717, 1.165) is 22.0 Å². The van der Waals surface area contributed by atoms with Gasteiger partial charge in [-0.2, -0.15) is 9.78 Å². The molecule has 4 rings (SSSR count). The molecule has 2 aromatic carbocycles. The molecule has 0 saturated heterocycles. The zero-order valence-corrected chi connectivity index (χ0v) is 18.7. The molecule has 0 unspecified atom stereocenters. The lowest BCUT2D eigenvalue weighted by atomic mass is 10.0. The Balaban J connectivity index is 1.60. The minimum absolute atomic E-state index is 0.0277. The molecule has 0 atom stereocenters. The SMILES string of the molecule is Cc1cc(C)c2nc(-n3nc(C)cc3NC(=O)COc3ccccc3[N+](=O)[O-])cc(C)c2c1. The number of para-hydroxylation sites is 2. The number of aromatic nitrogens is 3. The van der Waals surface area contributed by atoms with Crippen molar-refractivity contribution in [2.75, 3.05) is 11.9 Å². The Hall–Kier alpha value is -4.27. The Labute approximate surface area is 190 Å². The highest BCUT2D eigenvalue weighted by molar-refractivity contribution is 5.92. The molecule has 0 bridgehead atoms. The molecule has 0 aliphatic carbocycles. The molecule has 33 heavy (non-hydrogen) atoms. The molecular formula is C24H23N5O4. The molecule has 0 saturated carbocycles. The zero-order valence-electron chi connectivity index (χ0n) is 18.7. The van der Waals surface area contributed by atoms with Gasteiger partial charge in [0.1, 0.15) is 5.82 Å². The fourth-order valence-corrected chi connectivity index (χ4v) is 3.75. The van der Waals surface area contributed by atoms with Crippen LogP contribution in [0, 0.1) is 37.8 Å². The molecule has 2 aromatic heterocycles. The second kappa shape index (κ2) is 8.70. The molecule has 4 aromatic rings. The number of pyridine rings is 1.